The molecule has 0 aliphatic carbocycles. The van der Waals surface area contributed by atoms with E-state index in [4.69, 9.17) is 0 Å². The highest BCUT2D eigenvalue weighted by molar-refractivity contribution is 7.80. The van der Waals surface area contributed by atoms with Crippen molar-refractivity contribution in [3.05, 3.63) is 28.6 Å². The third-order valence-electron chi connectivity index (χ3n) is 2.04. The fraction of sp³-hybridized carbons (Fsp3) is 0.100. The van der Waals surface area contributed by atoms with Crippen LogP contribution in [0.4, 0.5) is 0 Å². The Balaban J connectivity index is 2.84. The lowest BCUT2D eigenvalue weighted by Crippen LogP contribution is -1.82. The summed E-state index contributed by atoms with van der Waals surface area (Å²) >= 11 is 5.92. The van der Waals surface area contributed by atoms with Crippen molar-refractivity contribution in [3.8, 4) is 0 Å². The average Bonchev–Trinajstić information content (AvgIpc) is 2.46. The van der Waals surface area contributed by atoms with Gasteiger partial charge in [0.1, 0.15) is 0 Å². The van der Waals surface area contributed by atoms with E-state index >= 15 is 0 Å². The minimum absolute atomic E-state index is 0.664. The fourth-order valence-electron chi connectivity index (χ4n) is 1.30. The zero-order valence-corrected chi connectivity index (χ0v) is 8.78. The molecule has 0 N–H and O–H groups in total. The molecule has 0 unspecified atom stereocenters. The van der Waals surface area contributed by atoms with Crippen LogP contribution < -0.4 is 0 Å². The summed E-state index contributed by atoms with van der Waals surface area (Å²) in [5.74, 6) is 0. The molecule has 13 heavy (non-hydrogen) atoms. The van der Waals surface area contributed by atoms with Gasteiger partial charge in [0.05, 0.1) is 0 Å². The molecule has 66 valence electrons. The zero-order chi connectivity index (χ0) is 9.42. The van der Waals surface area contributed by atoms with Crippen LogP contribution in [0.25, 0.3) is 10.1 Å². The van der Waals surface area contributed by atoms with Crippen LogP contribution in [0.5, 0.6) is 0 Å². The van der Waals surface area contributed by atoms with Crippen molar-refractivity contribution in [2.75, 3.05) is 0 Å². The lowest BCUT2D eigenvalue weighted by Gasteiger charge is -1.97. The lowest BCUT2D eigenvalue weighted by atomic mass is 10.1. The predicted molar refractivity (Wildman–Crippen MR) is 59.2 cm³/mol. The lowest BCUT2D eigenvalue weighted by molar-refractivity contribution is 0.112. The maximum Gasteiger partial charge on any atom is 0.151 e. The number of aldehydes is 1. The van der Waals surface area contributed by atoms with Gasteiger partial charge in [-0.2, -0.15) is 0 Å². The van der Waals surface area contributed by atoms with E-state index in [-0.39, 0.29) is 0 Å². The summed E-state index contributed by atoms with van der Waals surface area (Å²) in [4.78, 5) is 11.4. The van der Waals surface area contributed by atoms with Gasteiger partial charge in [0.25, 0.3) is 0 Å². The average molecular weight is 208 g/mol. The summed E-state index contributed by atoms with van der Waals surface area (Å²) in [5, 5.41) is 3.25. The first-order chi connectivity index (χ1) is 6.22. The third-order valence-corrected chi connectivity index (χ3v) is 3.49. The molecule has 0 aliphatic rings. The van der Waals surface area contributed by atoms with Gasteiger partial charge in [0.15, 0.2) is 6.29 Å². The van der Waals surface area contributed by atoms with Crippen molar-refractivity contribution in [3.63, 3.8) is 0 Å². The molecule has 0 bridgehead atoms. The summed E-state index contributed by atoms with van der Waals surface area (Å²) in [6.45, 7) is 2.05. The fourth-order valence-corrected chi connectivity index (χ4v) is 2.60. The molecule has 0 radical (unpaired) electrons. The summed E-state index contributed by atoms with van der Waals surface area (Å²) in [6, 6.07) is 3.84. The Morgan fingerprint density at radius 2 is 2.23 bits per heavy atom. The van der Waals surface area contributed by atoms with Crippen molar-refractivity contribution in [2.24, 2.45) is 0 Å². The van der Waals surface area contributed by atoms with E-state index in [0.717, 1.165) is 16.6 Å². The highest BCUT2D eigenvalue weighted by Crippen LogP contribution is 2.29. The SMILES string of the molecule is Cc1csc2cc(S)c(C=O)cc12. The Hall–Kier alpha value is -0.800. The number of aryl methyl sites for hydroxylation is 1. The molecule has 1 aromatic heterocycles. The van der Waals surface area contributed by atoms with E-state index in [2.05, 4.69) is 18.0 Å². The van der Waals surface area contributed by atoms with E-state index in [1.807, 2.05) is 19.1 Å². The third kappa shape index (κ3) is 1.38. The molecule has 0 amide bonds. The summed E-state index contributed by atoms with van der Waals surface area (Å²) in [5.41, 5.74) is 1.88. The molecular weight excluding hydrogens is 200 g/mol. The monoisotopic (exact) mass is 208 g/mol. The van der Waals surface area contributed by atoms with E-state index < -0.39 is 0 Å². The van der Waals surface area contributed by atoms with Gasteiger partial charge in [-0.1, -0.05) is 0 Å². The molecule has 0 fully saturated rings. The molecule has 1 heterocycles. The molecule has 1 aromatic carbocycles. The molecule has 1 nitrogen and oxygen atoms in total. The summed E-state index contributed by atoms with van der Waals surface area (Å²) < 4.78 is 1.19. The van der Waals surface area contributed by atoms with Crippen LogP contribution in [0, 0.1) is 6.92 Å². The Labute approximate surface area is 85.8 Å². The number of thiol groups is 1. The molecule has 2 rings (SSSR count). The number of carbonyl (C=O) groups excluding carboxylic acids is 1. The zero-order valence-electron chi connectivity index (χ0n) is 7.07. The van der Waals surface area contributed by atoms with Gasteiger partial charge in [0.2, 0.25) is 0 Å². The number of hydrogen-bond donors (Lipinski definition) is 1. The van der Waals surface area contributed by atoms with Crippen molar-refractivity contribution in [1.29, 1.82) is 0 Å². The van der Waals surface area contributed by atoms with E-state index in [1.54, 1.807) is 11.3 Å². The Morgan fingerprint density at radius 1 is 1.46 bits per heavy atom. The highest BCUT2D eigenvalue weighted by atomic mass is 32.1. The van der Waals surface area contributed by atoms with E-state index in [0.29, 0.717) is 5.56 Å². The van der Waals surface area contributed by atoms with Crippen LogP contribution in [-0.2, 0) is 0 Å². The van der Waals surface area contributed by atoms with Gasteiger partial charge in [-0.05, 0) is 35.4 Å². The molecular formula is C10H8OS2. The number of fused-ring (bicyclic) bond motifs is 1. The van der Waals surface area contributed by atoms with E-state index in [9.17, 15) is 4.79 Å². The second-order valence-electron chi connectivity index (χ2n) is 2.94. The van der Waals surface area contributed by atoms with Gasteiger partial charge in [0, 0.05) is 15.2 Å². The second-order valence-corrected chi connectivity index (χ2v) is 4.34. The van der Waals surface area contributed by atoms with Gasteiger partial charge >= 0.3 is 0 Å². The summed E-state index contributed by atoms with van der Waals surface area (Å²) in [7, 11) is 0. The Morgan fingerprint density at radius 3 is 2.92 bits per heavy atom. The van der Waals surface area contributed by atoms with Crippen molar-refractivity contribution in [1.82, 2.24) is 0 Å². The highest BCUT2D eigenvalue weighted by Gasteiger charge is 2.04. The quantitative estimate of drug-likeness (QED) is 0.562. The minimum atomic E-state index is 0.664. The van der Waals surface area contributed by atoms with Crippen LogP contribution in [0.15, 0.2) is 22.4 Å². The Kier molecular flexibility index (Phi) is 2.14. The standard InChI is InChI=1S/C10H8OS2/c1-6-5-13-10-3-9(12)7(4-11)2-8(6)10/h2-5,12H,1H3. The van der Waals surface area contributed by atoms with Crippen molar-refractivity contribution < 1.29 is 4.79 Å². The first kappa shape index (κ1) is 8.78. The molecule has 0 atom stereocenters. The van der Waals surface area contributed by atoms with Gasteiger partial charge in [-0.25, -0.2) is 0 Å². The van der Waals surface area contributed by atoms with Crippen LogP contribution in [0.2, 0.25) is 0 Å². The summed E-state index contributed by atoms with van der Waals surface area (Å²) in [6.07, 6.45) is 0.846. The topological polar surface area (TPSA) is 17.1 Å². The van der Waals surface area contributed by atoms with E-state index in [1.165, 1.54) is 10.3 Å². The number of rotatable bonds is 1. The maximum absolute atomic E-state index is 10.7. The smallest absolute Gasteiger partial charge is 0.151 e. The van der Waals surface area contributed by atoms with Crippen LogP contribution in [0.1, 0.15) is 15.9 Å². The number of benzene rings is 1. The Bertz CT molecular complexity index is 471. The molecule has 2 aromatic rings. The van der Waals surface area contributed by atoms with Crippen LogP contribution >= 0.6 is 24.0 Å². The molecule has 0 saturated carbocycles. The van der Waals surface area contributed by atoms with Gasteiger partial charge < -0.3 is 0 Å². The second kappa shape index (κ2) is 3.16. The normalized spacial score (nSPS) is 10.6. The van der Waals surface area contributed by atoms with Gasteiger partial charge in [-0.15, -0.1) is 24.0 Å². The van der Waals surface area contributed by atoms with Crippen LogP contribution in [0.3, 0.4) is 0 Å². The van der Waals surface area contributed by atoms with Gasteiger partial charge in [-0.3, -0.25) is 4.79 Å². The predicted octanol–water partition coefficient (Wildman–Crippen LogP) is 3.31. The number of carbonyl (C=O) groups is 1. The molecule has 0 spiro atoms. The number of hydrogen-bond acceptors (Lipinski definition) is 3. The minimum Gasteiger partial charge on any atom is -0.298 e. The first-order valence-corrected chi connectivity index (χ1v) is 5.21. The maximum atomic E-state index is 10.7. The van der Waals surface area contributed by atoms with Crippen molar-refractivity contribution >= 4 is 40.3 Å². The molecule has 3 heteroatoms. The van der Waals surface area contributed by atoms with Crippen molar-refractivity contribution in [2.45, 2.75) is 11.8 Å². The largest absolute Gasteiger partial charge is 0.298 e. The molecule has 0 saturated heterocycles. The number of thiophene rings is 1. The van der Waals surface area contributed by atoms with Crippen LogP contribution in [-0.4, -0.2) is 6.29 Å². The first-order valence-electron chi connectivity index (χ1n) is 3.88. The molecule has 0 aliphatic heterocycles.